The molecule has 3 rings (SSSR count). The number of anilines is 2. The Kier molecular flexibility index (Phi) is 6.30. The maximum atomic E-state index is 12.3. The largest absolute Gasteiger partial charge is 0.508 e. The van der Waals surface area contributed by atoms with Crippen LogP contribution in [-0.4, -0.2) is 35.0 Å². The van der Waals surface area contributed by atoms with Crippen molar-refractivity contribution in [1.29, 1.82) is 0 Å². The average Bonchev–Trinajstić information content (AvgIpc) is 2.95. The molecule has 0 radical (unpaired) electrons. The minimum Gasteiger partial charge on any atom is -0.508 e. The summed E-state index contributed by atoms with van der Waals surface area (Å²) in [6.07, 6.45) is 4.56. The minimum atomic E-state index is -0.210. The van der Waals surface area contributed by atoms with Gasteiger partial charge in [0.05, 0.1) is 6.42 Å². The molecule has 1 fully saturated rings. The van der Waals surface area contributed by atoms with E-state index in [1.165, 1.54) is 12.8 Å². The predicted molar refractivity (Wildman–Crippen MR) is 106 cm³/mol. The number of urea groups is 1. The van der Waals surface area contributed by atoms with Crippen LogP contribution in [0.4, 0.5) is 16.2 Å². The van der Waals surface area contributed by atoms with Crippen molar-refractivity contribution in [3.63, 3.8) is 0 Å². The third-order valence-electron chi connectivity index (χ3n) is 4.66. The van der Waals surface area contributed by atoms with Crippen LogP contribution < -0.4 is 10.6 Å². The van der Waals surface area contributed by atoms with Crippen LogP contribution in [0, 0.1) is 0 Å². The lowest BCUT2D eigenvalue weighted by Gasteiger charge is -2.20. The van der Waals surface area contributed by atoms with Gasteiger partial charge in [-0.05, 0) is 43.2 Å². The van der Waals surface area contributed by atoms with E-state index in [-0.39, 0.29) is 24.1 Å². The molecule has 1 saturated heterocycles. The first-order valence-corrected chi connectivity index (χ1v) is 9.34. The first-order chi connectivity index (χ1) is 13.1. The van der Waals surface area contributed by atoms with E-state index in [0.29, 0.717) is 16.9 Å². The van der Waals surface area contributed by atoms with Crippen molar-refractivity contribution >= 4 is 23.3 Å². The van der Waals surface area contributed by atoms with Gasteiger partial charge in [-0.15, -0.1) is 0 Å². The molecule has 6 nitrogen and oxygen atoms in total. The Hall–Kier alpha value is -3.02. The lowest BCUT2D eigenvalue weighted by molar-refractivity contribution is -0.115. The van der Waals surface area contributed by atoms with Crippen LogP contribution in [0.3, 0.4) is 0 Å². The van der Waals surface area contributed by atoms with Crippen molar-refractivity contribution < 1.29 is 14.7 Å². The predicted octanol–water partition coefficient (Wildman–Crippen LogP) is 3.98. The number of aromatic hydroxyl groups is 1. The number of likely N-dealkylation sites (tertiary alicyclic amines) is 1. The highest BCUT2D eigenvalue weighted by Gasteiger charge is 2.15. The molecule has 0 aliphatic carbocycles. The Balaban J connectivity index is 1.53. The molecule has 6 heteroatoms. The second-order valence-corrected chi connectivity index (χ2v) is 6.76. The summed E-state index contributed by atoms with van der Waals surface area (Å²) in [5.74, 6) is -0.0999. The molecule has 2 aromatic rings. The van der Waals surface area contributed by atoms with E-state index in [9.17, 15) is 14.7 Å². The van der Waals surface area contributed by atoms with E-state index in [2.05, 4.69) is 10.6 Å². The van der Waals surface area contributed by atoms with Gasteiger partial charge in [0.1, 0.15) is 5.75 Å². The van der Waals surface area contributed by atoms with E-state index in [0.717, 1.165) is 25.9 Å². The second kappa shape index (κ2) is 9.07. The Labute approximate surface area is 159 Å². The summed E-state index contributed by atoms with van der Waals surface area (Å²) < 4.78 is 0. The highest BCUT2D eigenvalue weighted by Crippen LogP contribution is 2.18. The van der Waals surface area contributed by atoms with Crippen LogP contribution in [0.5, 0.6) is 5.75 Å². The lowest BCUT2D eigenvalue weighted by Crippen LogP contribution is -2.35. The molecule has 3 amide bonds. The maximum absolute atomic E-state index is 12.3. The molecule has 142 valence electrons. The van der Waals surface area contributed by atoms with E-state index in [1.807, 2.05) is 4.90 Å². The van der Waals surface area contributed by atoms with Gasteiger partial charge in [0, 0.05) is 30.0 Å². The fourth-order valence-corrected chi connectivity index (χ4v) is 3.15. The van der Waals surface area contributed by atoms with Crippen molar-refractivity contribution in [2.45, 2.75) is 32.1 Å². The first-order valence-electron chi connectivity index (χ1n) is 9.34. The zero-order valence-corrected chi connectivity index (χ0v) is 15.3. The number of hydrogen-bond acceptors (Lipinski definition) is 3. The van der Waals surface area contributed by atoms with Crippen LogP contribution in [0.2, 0.25) is 0 Å². The summed E-state index contributed by atoms with van der Waals surface area (Å²) >= 11 is 0. The lowest BCUT2D eigenvalue weighted by atomic mass is 10.1. The molecular formula is C21H25N3O3. The number of phenolic OH excluding ortho intramolecular Hbond substituents is 1. The van der Waals surface area contributed by atoms with Crippen molar-refractivity contribution in [2.75, 3.05) is 23.7 Å². The number of carbonyl (C=O) groups is 2. The van der Waals surface area contributed by atoms with Gasteiger partial charge in [0.15, 0.2) is 0 Å². The topological polar surface area (TPSA) is 81.7 Å². The van der Waals surface area contributed by atoms with Gasteiger partial charge in [-0.2, -0.15) is 0 Å². The number of amides is 3. The number of benzene rings is 2. The average molecular weight is 367 g/mol. The van der Waals surface area contributed by atoms with Gasteiger partial charge < -0.3 is 20.6 Å². The number of nitrogens with zero attached hydrogens (tertiary/aromatic N) is 1. The zero-order chi connectivity index (χ0) is 19.1. The zero-order valence-electron chi connectivity index (χ0n) is 15.3. The summed E-state index contributed by atoms with van der Waals surface area (Å²) in [6.45, 7) is 1.60. The quantitative estimate of drug-likeness (QED) is 0.764. The summed E-state index contributed by atoms with van der Waals surface area (Å²) in [6, 6.07) is 13.7. The smallest absolute Gasteiger partial charge is 0.321 e. The van der Waals surface area contributed by atoms with Crippen molar-refractivity contribution in [1.82, 2.24) is 4.90 Å². The van der Waals surface area contributed by atoms with Gasteiger partial charge in [0.25, 0.3) is 0 Å². The van der Waals surface area contributed by atoms with Gasteiger partial charge in [-0.25, -0.2) is 4.79 Å². The summed E-state index contributed by atoms with van der Waals surface area (Å²) in [7, 11) is 0. The fraction of sp³-hybridized carbons (Fsp3) is 0.333. The normalized spacial score (nSPS) is 14.3. The highest BCUT2D eigenvalue weighted by atomic mass is 16.3. The van der Waals surface area contributed by atoms with E-state index in [1.54, 1.807) is 48.5 Å². The molecule has 27 heavy (non-hydrogen) atoms. The monoisotopic (exact) mass is 367 g/mol. The maximum Gasteiger partial charge on any atom is 0.321 e. The third-order valence-corrected chi connectivity index (χ3v) is 4.66. The molecule has 0 atom stereocenters. The standard InChI is InChI=1S/C21H25N3O3/c25-19-8-4-3-7-16(19)15-20(26)22-17-9-11-18(12-10-17)23-21(27)24-13-5-1-2-6-14-24/h3-4,7-12,25H,1-2,5-6,13-15H2,(H,22,26)(H,23,27). The number of phenols is 1. The molecule has 0 aromatic heterocycles. The van der Waals surface area contributed by atoms with Crippen molar-refractivity contribution in [3.8, 4) is 5.75 Å². The van der Waals surface area contributed by atoms with Crippen LogP contribution in [0.15, 0.2) is 48.5 Å². The molecule has 2 aromatic carbocycles. The number of carbonyl (C=O) groups excluding carboxylic acids is 2. The first kappa shape index (κ1) is 18.8. The molecule has 3 N–H and O–H groups in total. The third kappa shape index (κ3) is 5.48. The minimum absolute atomic E-state index is 0.0757. The second-order valence-electron chi connectivity index (χ2n) is 6.76. The molecule has 0 unspecified atom stereocenters. The number of hydrogen-bond donors (Lipinski definition) is 3. The van der Waals surface area contributed by atoms with E-state index in [4.69, 9.17) is 0 Å². The SMILES string of the molecule is O=C(Cc1ccccc1O)Nc1ccc(NC(=O)N2CCCCCC2)cc1. The van der Waals surface area contributed by atoms with E-state index >= 15 is 0 Å². The van der Waals surface area contributed by atoms with E-state index < -0.39 is 0 Å². The Morgan fingerprint density at radius 2 is 1.44 bits per heavy atom. The molecule has 1 heterocycles. The molecular weight excluding hydrogens is 342 g/mol. The molecule has 0 spiro atoms. The molecule has 1 aliphatic heterocycles. The summed E-state index contributed by atoms with van der Waals surface area (Å²) in [5, 5.41) is 15.5. The van der Waals surface area contributed by atoms with Crippen LogP contribution in [0.25, 0.3) is 0 Å². The molecule has 1 aliphatic rings. The Morgan fingerprint density at radius 1 is 0.852 bits per heavy atom. The Bertz CT molecular complexity index is 782. The number of nitrogens with one attached hydrogen (secondary N) is 2. The van der Waals surface area contributed by atoms with Gasteiger partial charge >= 0.3 is 6.03 Å². The Morgan fingerprint density at radius 3 is 2.07 bits per heavy atom. The van der Waals surface area contributed by atoms with Gasteiger partial charge in [0.2, 0.25) is 5.91 Å². The summed E-state index contributed by atoms with van der Waals surface area (Å²) in [4.78, 5) is 26.3. The molecule has 0 bridgehead atoms. The summed E-state index contributed by atoms with van der Waals surface area (Å²) in [5.41, 5.74) is 1.92. The van der Waals surface area contributed by atoms with Crippen LogP contribution in [-0.2, 0) is 11.2 Å². The molecule has 0 saturated carbocycles. The number of para-hydroxylation sites is 1. The van der Waals surface area contributed by atoms with Crippen LogP contribution in [0.1, 0.15) is 31.2 Å². The highest BCUT2D eigenvalue weighted by molar-refractivity contribution is 5.93. The fourth-order valence-electron chi connectivity index (χ4n) is 3.15. The number of rotatable bonds is 4. The van der Waals surface area contributed by atoms with Gasteiger partial charge in [-0.1, -0.05) is 31.0 Å². The van der Waals surface area contributed by atoms with Crippen molar-refractivity contribution in [2.24, 2.45) is 0 Å². The van der Waals surface area contributed by atoms with Crippen molar-refractivity contribution in [3.05, 3.63) is 54.1 Å². The van der Waals surface area contributed by atoms with Gasteiger partial charge in [-0.3, -0.25) is 4.79 Å². The van der Waals surface area contributed by atoms with Crippen LogP contribution >= 0.6 is 0 Å².